The lowest BCUT2D eigenvalue weighted by atomic mass is 9.82. The van der Waals surface area contributed by atoms with Crippen LogP contribution in [0.5, 0.6) is 0 Å². The van der Waals surface area contributed by atoms with Crippen molar-refractivity contribution in [2.45, 2.75) is 37.8 Å². The maximum Gasteiger partial charge on any atom is 0.335 e. The molecule has 3 atom stereocenters. The van der Waals surface area contributed by atoms with Gasteiger partial charge < -0.3 is 10.4 Å². The minimum absolute atomic E-state index is 0.101. The Labute approximate surface area is 129 Å². The van der Waals surface area contributed by atoms with Crippen molar-refractivity contribution in [3.63, 3.8) is 0 Å². The van der Waals surface area contributed by atoms with Gasteiger partial charge in [-0.3, -0.25) is 15.6 Å². The van der Waals surface area contributed by atoms with E-state index in [0.29, 0.717) is 11.5 Å². The maximum atomic E-state index is 12.3. The zero-order valence-corrected chi connectivity index (χ0v) is 12.3. The van der Waals surface area contributed by atoms with Crippen LogP contribution in [0.2, 0.25) is 0 Å². The molecule has 0 spiro atoms. The fraction of sp³-hybridized carbons (Fsp3) is 0.500. The summed E-state index contributed by atoms with van der Waals surface area (Å²) < 4.78 is 0. The van der Waals surface area contributed by atoms with E-state index in [4.69, 9.17) is 0 Å². The number of carboxylic acid groups (broad SMARTS) is 1. The number of aromatic carboxylic acids is 1. The van der Waals surface area contributed by atoms with E-state index >= 15 is 0 Å². The quantitative estimate of drug-likeness (QED) is 0.657. The molecule has 1 aliphatic heterocycles. The highest BCUT2D eigenvalue weighted by Gasteiger charge is 2.37. The second-order valence-corrected chi connectivity index (χ2v) is 6.06. The molecule has 1 amide bonds. The standard InChI is InChI=1S/C16H21N3O3/c20-14(8-10-4-1-2-6-12(10)16(21)22)18-13-7-3-5-11-9-17-19-15(11)13/h1-2,4,6,11,13,15,17,19H,3,5,7-9H2,(H,18,20)(H,21,22). The second kappa shape index (κ2) is 6.46. The summed E-state index contributed by atoms with van der Waals surface area (Å²) in [6.07, 6.45) is 3.35. The van der Waals surface area contributed by atoms with Crippen molar-refractivity contribution in [2.24, 2.45) is 5.92 Å². The van der Waals surface area contributed by atoms with Crippen LogP contribution in [0.4, 0.5) is 0 Å². The summed E-state index contributed by atoms with van der Waals surface area (Å²) >= 11 is 0. The largest absolute Gasteiger partial charge is 0.478 e. The molecule has 0 aromatic heterocycles. The molecule has 118 valence electrons. The minimum atomic E-state index is -0.997. The summed E-state index contributed by atoms with van der Waals surface area (Å²) in [4.78, 5) is 23.5. The number of benzene rings is 1. The third-order valence-corrected chi connectivity index (χ3v) is 4.61. The van der Waals surface area contributed by atoms with Crippen LogP contribution in [0.25, 0.3) is 0 Å². The van der Waals surface area contributed by atoms with E-state index in [1.54, 1.807) is 18.2 Å². The molecular weight excluding hydrogens is 282 g/mol. The van der Waals surface area contributed by atoms with Gasteiger partial charge in [-0.2, -0.15) is 0 Å². The summed E-state index contributed by atoms with van der Waals surface area (Å²) in [5, 5.41) is 12.2. The molecule has 1 aromatic carbocycles. The third kappa shape index (κ3) is 3.13. The molecule has 6 nitrogen and oxygen atoms in total. The van der Waals surface area contributed by atoms with Crippen LogP contribution in [-0.4, -0.2) is 35.6 Å². The molecule has 2 fully saturated rings. The summed E-state index contributed by atoms with van der Waals surface area (Å²) in [6.45, 7) is 0.943. The molecule has 2 aliphatic rings. The van der Waals surface area contributed by atoms with Crippen LogP contribution < -0.4 is 16.2 Å². The lowest BCUT2D eigenvalue weighted by Gasteiger charge is -2.33. The van der Waals surface area contributed by atoms with E-state index in [2.05, 4.69) is 16.2 Å². The third-order valence-electron chi connectivity index (χ3n) is 4.61. The summed E-state index contributed by atoms with van der Waals surface area (Å²) in [7, 11) is 0. The van der Waals surface area contributed by atoms with Gasteiger partial charge in [-0.15, -0.1) is 0 Å². The van der Waals surface area contributed by atoms with Gasteiger partial charge in [-0.25, -0.2) is 4.79 Å². The van der Waals surface area contributed by atoms with Crippen LogP contribution >= 0.6 is 0 Å². The molecule has 0 bridgehead atoms. The van der Waals surface area contributed by atoms with E-state index in [1.165, 1.54) is 12.5 Å². The van der Waals surface area contributed by atoms with Gasteiger partial charge >= 0.3 is 5.97 Å². The maximum absolute atomic E-state index is 12.3. The van der Waals surface area contributed by atoms with Crippen molar-refractivity contribution < 1.29 is 14.7 Å². The van der Waals surface area contributed by atoms with Crippen LogP contribution in [0, 0.1) is 5.92 Å². The zero-order chi connectivity index (χ0) is 15.5. The van der Waals surface area contributed by atoms with Crippen molar-refractivity contribution in [3.05, 3.63) is 35.4 Å². The van der Waals surface area contributed by atoms with Gasteiger partial charge in [0.2, 0.25) is 5.91 Å². The highest BCUT2D eigenvalue weighted by atomic mass is 16.4. The Balaban J connectivity index is 1.64. The van der Waals surface area contributed by atoms with Gasteiger partial charge in [0.1, 0.15) is 0 Å². The first-order chi connectivity index (χ1) is 10.6. The van der Waals surface area contributed by atoms with Crippen LogP contribution in [0.1, 0.15) is 35.2 Å². The first kappa shape index (κ1) is 15.0. The number of nitrogens with one attached hydrogen (secondary N) is 3. The van der Waals surface area contributed by atoms with E-state index in [9.17, 15) is 14.7 Å². The van der Waals surface area contributed by atoms with Gasteiger partial charge in [-0.05, 0) is 30.4 Å². The Morgan fingerprint density at radius 2 is 2.09 bits per heavy atom. The number of carboxylic acids is 1. The fourth-order valence-corrected chi connectivity index (χ4v) is 3.52. The first-order valence-electron chi connectivity index (χ1n) is 7.74. The van der Waals surface area contributed by atoms with Gasteiger partial charge in [0, 0.05) is 18.6 Å². The summed E-state index contributed by atoms with van der Waals surface area (Å²) in [5.74, 6) is -0.554. The number of hydrogen-bond acceptors (Lipinski definition) is 4. The molecule has 4 N–H and O–H groups in total. The molecule has 0 radical (unpaired) electrons. The smallest absolute Gasteiger partial charge is 0.335 e. The van der Waals surface area contributed by atoms with Crippen molar-refractivity contribution in [3.8, 4) is 0 Å². The van der Waals surface area contributed by atoms with Gasteiger partial charge in [0.15, 0.2) is 0 Å². The Bertz CT molecular complexity index is 576. The van der Waals surface area contributed by atoms with E-state index in [1.807, 2.05) is 0 Å². The van der Waals surface area contributed by atoms with Gasteiger partial charge in [0.05, 0.1) is 12.0 Å². The molecule has 22 heavy (non-hydrogen) atoms. The predicted octanol–water partition coefficient (Wildman–Crippen LogP) is 0.689. The van der Waals surface area contributed by atoms with Crippen molar-refractivity contribution >= 4 is 11.9 Å². The molecule has 1 saturated carbocycles. The van der Waals surface area contributed by atoms with E-state index in [-0.39, 0.29) is 30.0 Å². The topological polar surface area (TPSA) is 90.5 Å². The Morgan fingerprint density at radius 3 is 2.91 bits per heavy atom. The number of carbonyl (C=O) groups excluding carboxylic acids is 1. The summed E-state index contributed by atoms with van der Waals surface area (Å²) in [6, 6.07) is 7.04. The Hall–Kier alpha value is -1.92. The number of hydrazine groups is 1. The SMILES string of the molecule is O=C(Cc1ccccc1C(=O)O)NC1CCCC2CNNC21. The second-order valence-electron chi connectivity index (χ2n) is 6.06. The Morgan fingerprint density at radius 1 is 1.27 bits per heavy atom. The van der Waals surface area contributed by atoms with Crippen molar-refractivity contribution in [2.75, 3.05) is 6.54 Å². The highest BCUT2D eigenvalue weighted by molar-refractivity contribution is 5.91. The Kier molecular flexibility index (Phi) is 4.40. The molecular formula is C16H21N3O3. The van der Waals surface area contributed by atoms with Crippen LogP contribution in [-0.2, 0) is 11.2 Å². The molecule has 1 aromatic rings. The average Bonchev–Trinajstić information content (AvgIpc) is 2.97. The molecule has 3 rings (SSSR count). The number of rotatable bonds is 4. The molecule has 1 heterocycles. The van der Waals surface area contributed by atoms with E-state index < -0.39 is 5.97 Å². The molecule has 3 unspecified atom stereocenters. The fourth-order valence-electron chi connectivity index (χ4n) is 3.52. The number of fused-ring (bicyclic) bond motifs is 1. The lowest BCUT2D eigenvalue weighted by Crippen LogP contribution is -2.53. The molecule has 1 saturated heterocycles. The van der Waals surface area contributed by atoms with Crippen molar-refractivity contribution in [1.29, 1.82) is 0 Å². The lowest BCUT2D eigenvalue weighted by molar-refractivity contribution is -0.121. The van der Waals surface area contributed by atoms with Crippen LogP contribution in [0.15, 0.2) is 24.3 Å². The number of hydrogen-bond donors (Lipinski definition) is 4. The van der Waals surface area contributed by atoms with Crippen LogP contribution in [0.3, 0.4) is 0 Å². The van der Waals surface area contributed by atoms with Crippen molar-refractivity contribution in [1.82, 2.24) is 16.2 Å². The monoisotopic (exact) mass is 303 g/mol. The zero-order valence-electron chi connectivity index (χ0n) is 12.3. The first-order valence-corrected chi connectivity index (χ1v) is 7.74. The predicted molar refractivity (Wildman–Crippen MR) is 81.3 cm³/mol. The average molecular weight is 303 g/mol. The van der Waals surface area contributed by atoms with Gasteiger partial charge in [0.25, 0.3) is 0 Å². The molecule has 6 heteroatoms. The highest BCUT2D eigenvalue weighted by Crippen LogP contribution is 2.26. The molecule has 1 aliphatic carbocycles. The summed E-state index contributed by atoms with van der Waals surface area (Å²) in [5.41, 5.74) is 7.16. The van der Waals surface area contributed by atoms with E-state index in [0.717, 1.165) is 19.4 Å². The number of amides is 1. The normalized spacial score (nSPS) is 27.2. The number of carbonyl (C=O) groups is 2. The van der Waals surface area contributed by atoms with Gasteiger partial charge in [-0.1, -0.05) is 24.6 Å². The minimum Gasteiger partial charge on any atom is -0.478 e.